The molecule has 1 aliphatic rings. The first-order valence-electron chi connectivity index (χ1n) is 5.12. The van der Waals surface area contributed by atoms with Crippen LogP contribution in [0.25, 0.3) is 0 Å². The zero-order valence-corrected chi connectivity index (χ0v) is 9.90. The van der Waals surface area contributed by atoms with Crippen molar-refractivity contribution in [1.82, 2.24) is 4.90 Å². The maximum atomic E-state index is 9.10. The highest BCUT2D eigenvalue weighted by Crippen LogP contribution is 2.20. The van der Waals surface area contributed by atoms with E-state index in [0.717, 1.165) is 5.70 Å². The van der Waals surface area contributed by atoms with Gasteiger partial charge in [-0.15, -0.1) is 0 Å². The lowest BCUT2D eigenvalue weighted by Gasteiger charge is -2.28. The number of hydrogen-bond donors (Lipinski definition) is 2. The molecule has 0 aromatic carbocycles. The summed E-state index contributed by atoms with van der Waals surface area (Å²) in [6.45, 7) is 3.61. The maximum absolute atomic E-state index is 9.10. The molecule has 0 radical (unpaired) electrons. The molecule has 0 aliphatic carbocycles. The number of nitrogens with one attached hydrogen (secondary N) is 1. The predicted octanol–water partition coefficient (Wildman–Crippen LogP) is 1.65. The summed E-state index contributed by atoms with van der Waals surface area (Å²) in [4.78, 5) is 1.87. The van der Waals surface area contributed by atoms with Crippen LogP contribution in [0.5, 0.6) is 0 Å². The van der Waals surface area contributed by atoms with E-state index in [1.807, 2.05) is 44.1 Å². The van der Waals surface area contributed by atoms with Crippen LogP contribution in [0.1, 0.15) is 13.8 Å². The number of ether oxygens (including phenoxy) is 1. The number of allylic oxidation sites excluding steroid dienone is 3. The first-order valence-corrected chi connectivity index (χ1v) is 5.12. The van der Waals surface area contributed by atoms with Crippen molar-refractivity contribution < 1.29 is 9.84 Å². The molecular weight excluding hydrogens is 204 g/mol. The van der Waals surface area contributed by atoms with Crippen LogP contribution >= 0.6 is 0 Å². The molecule has 4 heteroatoms. The van der Waals surface area contributed by atoms with E-state index in [4.69, 9.17) is 15.3 Å². The lowest BCUT2D eigenvalue weighted by molar-refractivity contribution is -0.00946. The molecule has 0 aromatic rings. The summed E-state index contributed by atoms with van der Waals surface area (Å²) in [7, 11) is 1.88. The zero-order chi connectivity index (χ0) is 12.2. The Bertz CT molecular complexity index is 354. The lowest BCUT2D eigenvalue weighted by Crippen LogP contribution is -2.29. The number of aliphatic hydroxyl groups excluding tert-OH is 1. The molecule has 0 unspecified atom stereocenters. The zero-order valence-electron chi connectivity index (χ0n) is 9.90. The van der Waals surface area contributed by atoms with Crippen LogP contribution in [0.15, 0.2) is 35.9 Å². The van der Waals surface area contributed by atoms with Crippen molar-refractivity contribution >= 4 is 6.21 Å². The van der Waals surface area contributed by atoms with Gasteiger partial charge in [-0.2, -0.15) is 0 Å². The minimum atomic E-state index is -0.584. The molecular formula is C12H18N2O2. The molecule has 1 heterocycles. The van der Waals surface area contributed by atoms with Crippen molar-refractivity contribution in [2.24, 2.45) is 0 Å². The average molecular weight is 222 g/mol. The van der Waals surface area contributed by atoms with Crippen LogP contribution in [0, 0.1) is 5.41 Å². The smallest absolute Gasteiger partial charge is 0.136 e. The SMILES string of the molecule is CN1C=C(OC(C)(C)CO)C=C/C1=C/C=N. The van der Waals surface area contributed by atoms with Gasteiger partial charge in [-0.1, -0.05) is 0 Å². The van der Waals surface area contributed by atoms with E-state index in [1.54, 1.807) is 6.08 Å². The maximum Gasteiger partial charge on any atom is 0.136 e. The molecule has 1 aliphatic heterocycles. The topological polar surface area (TPSA) is 56.6 Å². The number of likely N-dealkylation sites (N-methyl/N-ethyl adjacent to an activating group) is 1. The summed E-state index contributed by atoms with van der Waals surface area (Å²) in [5.74, 6) is 0.698. The molecule has 88 valence electrons. The monoisotopic (exact) mass is 222 g/mol. The van der Waals surface area contributed by atoms with Crippen molar-refractivity contribution in [2.75, 3.05) is 13.7 Å². The van der Waals surface area contributed by atoms with Gasteiger partial charge < -0.3 is 20.2 Å². The number of rotatable bonds is 4. The fourth-order valence-corrected chi connectivity index (χ4v) is 1.26. The highest BCUT2D eigenvalue weighted by molar-refractivity contribution is 5.70. The minimum absolute atomic E-state index is 0.0366. The van der Waals surface area contributed by atoms with Crippen LogP contribution in [0.3, 0.4) is 0 Å². The molecule has 0 saturated carbocycles. The fourth-order valence-electron chi connectivity index (χ4n) is 1.26. The normalized spacial score (nSPS) is 18.6. The highest BCUT2D eigenvalue weighted by Gasteiger charge is 2.20. The van der Waals surface area contributed by atoms with Gasteiger partial charge in [-0.25, -0.2) is 0 Å². The van der Waals surface area contributed by atoms with Crippen molar-refractivity contribution in [3.63, 3.8) is 0 Å². The third-order valence-corrected chi connectivity index (χ3v) is 2.18. The summed E-state index contributed by atoms with van der Waals surface area (Å²) in [5, 5.41) is 16.1. The number of hydrogen-bond acceptors (Lipinski definition) is 4. The van der Waals surface area contributed by atoms with Gasteiger partial charge in [0.15, 0.2) is 0 Å². The van der Waals surface area contributed by atoms with E-state index < -0.39 is 5.60 Å². The van der Waals surface area contributed by atoms with Gasteiger partial charge in [-0.3, -0.25) is 0 Å². The molecule has 0 aromatic heterocycles. The third-order valence-electron chi connectivity index (χ3n) is 2.18. The molecule has 0 atom stereocenters. The molecule has 2 N–H and O–H groups in total. The summed E-state index contributed by atoms with van der Waals surface area (Å²) >= 11 is 0. The Morgan fingerprint density at radius 1 is 1.50 bits per heavy atom. The minimum Gasteiger partial charge on any atom is -0.484 e. The van der Waals surface area contributed by atoms with Gasteiger partial charge >= 0.3 is 0 Å². The average Bonchev–Trinajstić information content (AvgIpc) is 2.22. The Morgan fingerprint density at radius 3 is 2.69 bits per heavy atom. The van der Waals surface area contributed by atoms with Gasteiger partial charge in [0, 0.05) is 25.2 Å². The van der Waals surface area contributed by atoms with E-state index in [2.05, 4.69) is 0 Å². The number of nitrogens with zero attached hydrogens (tertiary/aromatic N) is 1. The fraction of sp³-hybridized carbons (Fsp3) is 0.417. The second kappa shape index (κ2) is 4.99. The first kappa shape index (κ1) is 12.5. The second-order valence-electron chi connectivity index (χ2n) is 4.25. The van der Waals surface area contributed by atoms with Gasteiger partial charge in [0.05, 0.1) is 6.61 Å². The Hall–Kier alpha value is -1.55. The standard InChI is InChI=1S/C12H18N2O2/c1-12(2,9-15)16-11-5-4-10(6-7-13)14(3)8-11/h4-8,13,15H,9H2,1-3H3/b10-6-,13-7?. The summed E-state index contributed by atoms with van der Waals surface area (Å²) in [5.41, 5.74) is 0.337. The van der Waals surface area contributed by atoms with Gasteiger partial charge in [-0.05, 0) is 32.1 Å². The van der Waals surface area contributed by atoms with Gasteiger partial charge in [0.2, 0.25) is 0 Å². The van der Waals surface area contributed by atoms with E-state index in [-0.39, 0.29) is 6.61 Å². The van der Waals surface area contributed by atoms with Crippen LogP contribution in [0.2, 0.25) is 0 Å². The second-order valence-corrected chi connectivity index (χ2v) is 4.25. The Morgan fingerprint density at radius 2 is 2.19 bits per heavy atom. The predicted molar refractivity (Wildman–Crippen MR) is 64.1 cm³/mol. The van der Waals surface area contributed by atoms with Crippen molar-refractivity contribution in [1.29, 1.82) is 5.41 Å². The van der Waals surface area contributed by atoms with Crippen molar-refractivity contribution in [3.05, 3.63) is 35.9 Å². The largest absolute Gasteiger partial charge is 0.484 e. The Kier molecular flexibility index (Phi) is 3.90. The van der Waals surface area contributed by atoms with Crippen molar-refractivity contribution in [2.45, 2.75) is 19.4 Å². The van der Waals surface area contributed by atoms with Crippen LogP contribution in [-0.4, -0.2) is 35.5 Å². The molecule has 0 fully saturated rings. The summed E-state index contributed by atoms with van der Waals surface area (Å²) in [6.07, 6.45) is 8.46. The first-order chi connectivity index (χ1) is 7.48. The Labute approximate surface area is 96.0 Å². The molecule has 1 rings (SSSR count). The van der Waals surface area contributed by atoms with Crippen LogP contribution < -0.4 is 0 Å². The van der Waals surface area contributed by atoms with E-state index >= 15 is 0 Å². The van der Waals surface area contributed by atoms with E-state index in [1.165, 1.54) is 6.21 Å². The van der Waals surface area contributed by atoms with Crippen molar-refractivity contribution in [3.8, 4) is 0 Å². The number of aliphatic hydroxyl groups is 1. The molecule has 0 saturated heterocycles. The van der Waals surface area contributed by atoms with E-state index in [0.29, 0.717) is 5.76 Å². The molecule has 0 bridgehead atoms. The van der Waals surface area contributed by atoms with Crippen LogP contribution in [-0.2, 0) is 4.74 Å². The molecule has 4 nitrogen and oxygen atoms in total. The van der Waals surface area contributed by atoms with Crippen LogP contribution in [0.4, 0.5) is 0 Å². The van der Waals surface area contributed by atoms with Gasteiger partial charge in [0.25, 0.3) is 0 Å². The third kappa shape index (κ3) is 3.24. The quantitative estimate of drug-likeness (QED) is 0.711. The summed E-state index contributed by atoms with van der Waals surface area (Å²) < 4.78 is 5.62. The lowest BCUT2D eigenvalue weighted by atomic mass is 10.1. The molecule has 16 heavy (non-hydrogen) atoms. The van der Waals surface area contributed by atoms with Gasteiger partial charge in [0.1, 0.15) is 11.4 Å². The van der Waals surface area contributed by atoms with E-state index in [9.17, 15) is 0 Å². The summed E-state index contributed by atoms with van der Waals surface area (Å²) in [6, 6.07) is 0. The molecule has 0 amide bonds. The molecule has 0 spiro atoms. The highest BCUT2D eigenvalue weighted by atomic mass is 16.5. The Balaban J connectivity index is 2.75.